The second-order valence-electron chi connectivity index (χ2n) is 4.33. The van der Waals surface area contributed by atoms with Crippen LogP contribution < -0.4 is 4.90 Å². The molecule has 0 aliphatic rings. The summed E-state index contributed by atoms with van der Waals surface area (Å²) in [5.74, 6) is 0. The molecule has 0 aliphatic heterocycles. The quantitative estimate of drug-likeness (QED) is 0.822. The smallest absolute Gasteiger partial charge is 0.0372 e. The molecule has 2 aromatic carbocycles. The van der Waals surface area contributed by atoms with Gasteiger partial charge in [0.05, 0.1) is 0 Å². The predicted octanol–water partition coefficient (Wildman–Crippen LogP) is 4.11. The van der Waals surface area contributed by atoms with Gasteiger partial charge in [0, 0.05) is 24.3 Å². The minimum atomic E-state index is 0.967. The maximum atomic E-state index is 3.65. The van der Waals surface area contributed by atoms with E-state index in [1.54, 1.807) is 0 Å². The SMILES string of the molecule is CN(C)c1ccc(Cc2ccccc2)c(Br)c1. The van der Waals surface area contributed by atoms with Crippen molar-refractivity contribution in [2.75, 3.05) is 19.0 Å². The molecule has 0 saturated carbocycles. The molecule has 0 bridgehead atoms. The summed E-state index contributed by atoms with van der Waals surface area (Å²) in [5.41, 5.74) is 3.88. The van der Waals surface area contributed by atoms with Crippen LogP contribution in [0, 0.1) is 0 Å². The van der Waals surface area contributed by atoms with Crippen molar-refractivity contribution in [3.05, 3.63) is 64.1 Å². The molecule has 2 heteroatoms. The molecule has 0 saturated heterocycles. The fourth-order valence-electron chi connectivity index (χ4n) is 1.77. The summed E-state index contributed by atoms with van der Waals surface area (Å²) in [4.78, 5) is 2.11. The van der Waals surface area contributed by atoms with Gasteiger partial charge < -0.3 is 4.90 Å². The molecule has 0 radical (unpaired) electrons. The zero-order valence-electron chi connectivity index (χ0n) is 10.2. The Labute approximate surface area is 111 Å². The molecule has 0 heterocycles. The normalized spacial score (nSPS) is 10.3. The molecule has 2 aromatic rings. The molecule has 0 N–H and O–H groups in total. The summed E-state index contributed by atoms with van der Waals surface area (Å²) in [5, 5.41) is 0. The van der Waals surface area contributed by atoms with Gasteiger partial charge in [-0.2, -0.15) is 0 Å². The molecular weight excluding hydrogens is 274 g/mol. The summed E-state index contributed by atoms with van der Waals surface area (Å²) in [6.07, 6.45) is 0.967. The molecule has 0 fully saturated rings. The highest BCUT2D eigenvalue weighted by atomic mass is 79.9. The van der Waals surface area contributed by atoms with Crippen molar-refractivity contribution in [3.63, 3.8) is 0 Å². The van der Waals surface area contributed by atoms with E-state index >= 15 is 0 Å². The van der Waals surface area contributed by atoms with Crippen LogP contribution in [0.2, 0.25) is 0 Å². The molecule has 17 heavy (non-hydrogen) atoms. The third kappa shape index (κ3) is 3.10. The van der Waals surface area contributed by atoms with E-state index in [2.05, 4.69) is 77.4 Å². The first-order valence-electron chi connectivity index (χ1n) is 5.66. The van der Waals surface area contributed by atoms with E-state index in [0.717, 1.165) is 6.42 Å². The molecule has 0 aliphatic carbocycles. The lowest BCUT2D eigenvalue weighted by molar-refractivity contribution is 1.11. The third-order valence-electron chi connectivity index (χ3n) is 2.79. The van der Waals surface area contributed by atoms with Crippen LogP contribution in [0.25, 0.3) is 0 Å². The van der Waals surface area contributed by atoms with Gasteiger partial charge in [-0.3, -0.25) is 0 Å². The Morgan fingerprint density at radius 2 is 1.71 bits per heavy atom. The number of nitrogens with zero attached hydrogens (tertiary/aromatic N) is 1. The maximum absolute atomic E-state index is 3.65. The molecule has 0 aromatic heterocycles. The van der Waals surface area contributed by atoms with E-state index < -0.39 is 0 Å². The van der Waals surface area contributed by atoms with E-state index in [-0.39, 0.29) is 0 Å². The summed E-state index contributed by atoms with van der Waals surface area (Å²) in [6, 6.07) is 17.0. The van der Waals surface area contributed by atoms with Crippen LogP contribution in [0.15, 0.2) is 53.0 Å². The molecule has 0 unspecified atom stereocenters. The van der Waals surface area contributed by atoms with Crippen molar-refractivity contribution in [1.29, 1.82) is 0 Å². The first kappa shape index (κ1) is 12.2. The number of rotatable bonds is 3. The molecular formula is C15H16BrN. The lowest BCUT2D eigenvalue weighted by atomic mass is 10.0. The van der Waals surface area contributed by atoms with Crippen LogP contribution in [0.3, 0.4) is 0 Å². The second kappa shape index (κ2) is 5.37. The van der Waals surface area contributed by atoms with Crippen LogP contribution in [0.4, 0.5) is 5.69 Å². The average molecular weight is 290 g/mol. The van der Waals surface area contributed by atoms with Crippen LogP contribution in [0.1, 0.15) is 11.1 Å². The van der Waals surface area contributed by atoms with E-state index in [1.807, 2.05) is 6.07 Å². The summed E-state index contributed by atoms with van der Waals surface area (Å²) in [6.45, 7) is 0. The van der Waals surface area contributed by atoms with E-state index in [4.69, 9.17) is 0 Å². The summed E-state index contributed by atoms with van der Waals surface area (Å²) < 4.78 is 1.17. The molecule has 0 spiro atoms. The van der Waals surface area contributed by atoms with Crippen LogP contribution in [-0.4, -0.2) is 14.1 Å². The van der Waals surface area contributed by atoms with Crippen molar-refractivity contribution in [2.24, 2.45) is 0 Å². The van der Waals surface area contributed by atoms with Crippen molar-refractivity contribution in [1.82, 2.24) is 0 Å². The van der Waals surface area contributed by atoms with Crippen LogP contribution in [0.5, 0.6) is 0 Å². The van der Waals surface area contributed by atoms with E-state index in [9.17, 15) is 0 Å². The van der Waals surface area contributed by atoms with Gasteiger partial charge in [0.1, 0.15) is 0 Å². The zero-order valence-corrected chi connectivity index (χ0v) is 11.7. The molecule has 0 atom stereocenters. The van der Waals surface area contributed by atoms with Crippen molar-refractivity contribution in [3.8, 4) is 0 Å². The van der Waals surface area contributed by atoms with Gasteiger partial charge in [0.25, 0.3) is 0 Å². The fraction of sp³-hybridized carbons (Fsp3) is 0.200. The number of halogens is 1. The molecule has 2 rings (SSSR count). The van der Waals surface area contributed by atoms with Gasteiger partial charge in [-0.25, -0.2) is 0 Å². The maximum Gasteiger partial charge on any atom is 0.0372 e. The number of anilines is 1. The first-order valence-corrected chi connectivity index (χ1v) is 6.46. The summed E-state index contributed by atoms with van der Waals surface area (Å²) >= 11 is 3.65. The fourth-order valence-corrected chi connectivity index (χ4v) is 2.28. The second-order valence-corrected chi connectivity index (χ2v) is 5.19. The molecule has 1 nitrogen and oxygen atoms in total. The number of hydrogen-bond acceptors (Lipinski definition) is 1. The van der Waals surface area contributed by atoms with E-state index in [1.165, 1.54) is 21.3 Å². The van der Waals surface area contributed by atoms with Crippen molar-refractivity contribution < 1.29 is 0 Å². The van der Waals surface area contributed by atoms with Gasteiger partial charge >= 0.3 is 0 Å². The lowest BCUT2D eigenvalue weighted by Crippen LogP contribution is -2.08. The highest BCUT2D eigenvalue weighted by Crippen LogP contribution is 2.25. The van der Waals surface area contributed by atoms with Gasteiger partial charge in [0.2, 0.25) is 0 Å². The van der Waals surface area contributed by atoms with Gasteiger partial charge in [-0.1, -0.05) is 52.3 Å². The predicted molar refractivity (Wildman–Crippen MR) is 77.7 cm³/mol. The minimum Gasteiger partial charge on any atom is -0.378 e. The standard InChI is InChI=1S/C15H16BrN/c1-17(2)14-9-8-13(15(16)11-14)10-12-6-4-3-5-7-12/h3-9,11H,10H2,1-2H3. The Kier molecular flexibility index (Phi) is 3.85. The Bertz CT molecular complexity index is 492. The van der Waals surface area contributed by atoms with Crippen molar-refractivity contribution in [2.45, 2.75) is 6.42 Å². The third-order valence-corrected chi connectivity index (χ3v) is 3.53. The van der Waals surface area contributed by atoms with E-state index in [0.29, 0.717) is 0 Å². The number of benzene rings is 2. The largest absolute Gasteiger partial charge is 0.378 e. The zero-order chi connectivity index (χ0) is 12.3. The average Bonchev–Trinajstić information content (AvgIpc) is 2.33. The first-order chi connectivity index (χ1) is 8.16. The highest BCUT2D eigenvalue weighted by Gasteiger charge is 2.03. The van der Waals surface area contributed by atoms with Gasteiger partial charge in [-0.15, -0.1) is 0 Å². The Hall–Kier alpha value is -1.28. The van der Waals surface area contributed by atoms with Gasteiger partial charge in [-0.05, 0) is 29.7 Å². The topological polar surface area (TPSA) is 3.24 Å². The molecule has 88 valence electrons. The van der Waals surface area contributed by atoms with Crippen molar-refractivity contribution >= 4 is 21.6 Å². The van der Waals surface area contributed by atoms with Crippen LogP contribution in [-0.2, 0) is 6.42 Å². The highest BCUT2D eigenvalue weighted by molar-refractivity contribution is 9.10. The monoisotopic (exact) mass is 289 g/mol. The lowest BCUT2D eigenvalue weighted by Gasteiger charge is -2.14. The Morgan fingerprint density at radius 3 is 2.29 bits per heavy atom. The van der Waals surface area contributed by atoms with Crippen LogP contribution >= 0.6 is 15.9 Å². The minimum absolute atomic E-state index is 0.967. The Balaban J connectivity index is 2.23. The van der Waals surface area contributed by atoms with Gasteiger partial charge in [0.15, 0.2) is 0 Å². The summed E-state index contributed by atoms with van der Waals surface area (Å²) in [7, 11) is 4.11. The Morgan fingerprint density at radius 1 is 1.00 bits per heavy atom. The molecule has 0 amide bonds. The number of hydrogen-bond donors (Lipinski definition) is 0.